The van der Waals surface area contributed by atoms with Crippen molar-refractivity contribution >= 4 is 0 Å². The molecule has 2 N–H and O–H groups in total. The molecule has 0 amide bonds. The van der Waals surface area contributed by atoms with Crippen molar-refractivity contribution in [1.29, 1.82) is 0 Å². The quantitative estimate of drug-likeness (QED) is 0.638. The molecule has 0 spiro atoms. The van der Waals surface area contributed by atoms with E-state index in [1.807, 2.05) is 0 Å². The first-order valence-corrected chi connectivity index (χ1v) is 4.58. The summed E-state index contributed by atoms with van der Waals surface area (Å²) in [7, 11) is 0. The van der Waals surface area contributed by atoms with E-state index in [-0.39, 0.29) is 6.61 Å². The van der Waals surface area contributed by atoms with E-state index in [1.165, 1.54) is 12.8 Å². The zero-order chi connectivity index (χ0) is 8.27. The van der Waals surface area contributed by atoms with Crippen molar-refractivity contribution in [1.82, 2.24) is 5.32 Å². The lowest BCUT2D eigenvalue weighted by Crippen LogP contribution is -2.43. The highest BCUT2D eigenvalue weighted by Gasteiger charge is 2.30. The van der Waals surface area contributed by atoms with Gasteiger partial charge in [0.1, 0.15) is 0 Å². The van der Waals surface area contributed by atoms with Gasteiger partial charge in [0.15, 0.2) is 0 Å². The van der Waals surface area contributed by atoms with E-state index in [0.717, 1.165) is 18.4 Å². The fraction of sp³-hybridized carbons (Fsp3) is 1.00. The van der Waals surface area contributed by atoms with E-state index in [4.69, 9.17) is 5.11 Å². The van der Waals surface area contributed by atoms with Crippen LogP contribution in [-0.4, -0.2) is 24.3 Å². The molecule has 1 rings (SSSR count). The minimum Gasteiger partial charge on any atom is -0.395 e. The molecule has 1 fully saturated rings. The van der Waals surface area contributed by atoms with Crippen molar-refractivity contribution < 1.29 is 5.11 Å². The lowest BCUT2D eigenvalue weighted by Gasteiger charge is -2.38. The Morgan fingerprint density at radius 3 is 2.55 bits per heavy atom. The van der Waals surface area contributed by atoms with Gasteiger partial charge in [-0.3, -0.25) is 0 Å². The van der Waals surface area contributed by atoms with Gasteiger partial charge in [-0.25, -0.2) is 0 Å². The molecule has 0 unspecified atom stereocenters. The molecule has 1 aliphatic carbocycles. The normalized spacial score (nSPS) is 30.5. The maximum atomic E-state index is 8.55. The molecule has 1 aliphatic rings. The minimum absolute atomic E-state index is 0.267. The summed E-state index contributed by atoms with van der Waals surface area (Å²) in [6.45, 7) is 5.60. The fourth-order valence-corrected chi connectivity index (χ4v) is 1.64. The Morgan fingerprint density at radius 1 is 1.45 bits per heavy atom. The van der Waals surface area contributed by atoms with E-state index in [9.17, 15) is 0 Å². The standard InChI is InChI=1S/C9H19NO/c1-7(2)8-5-9(6-8)10-3-4-11/h7-11H,3-6H2,1-2H3. The monoisotopic (exact) mass is 157 g/mol. The molecule has 0 radical (unpaired) electrons. The summed E-state index contributed by atoms with van der Waals surface area (Å²) in [5, 5.41) is 11.9. The van der Waals surface area contributed by atoms with Gasteiger partial charge in [-0.2, -0.15) is 0 Å². The van der Waals surface area contributed by atoms with Crippen LogP contribution >= 0.6 is 0 Å². The molecule has 66 valence electrons. The molecule has 0 heterocycles. The Morgan fingerprint density at radius 2 is 2.09 bits per heavy atom. The molecular weight excluding hydrogens is 138 g/mol. The molecule has 11 heavy (non-hydrogen) atoms. The summed E-state index contributed by atoms with van der Waals surface area (Å²) in [5.41, 5.74) is 0. The number of rotatable bonds is 4. The number of hydrogen-bond donors (Lipinski definition) is 2. The van der Waals surface area contributed by atoms with Crippen LogP contribution in [0.2, 0.25) is 0 Å². The second-order valence-electron chi connectivity index (χ2n) is 3.85. The molecular formula is C9H19NO. The van der Waals surface area contributed by atoms with Crippen LogP contribution in [0.4, 0.5) is 0 Å². The molecule has 0 saturated heterocycles. The van der Waals surface area contributed by atoms with Gasteiger partial charge < -0.3 is 10.4 Å². The Balaban J connectivity index is 2.00. The number of aliphatic hydroxyl groups is 1. The summed E-state index contributed by atoms with van der Waals surface area (Å²) in [6.07, 6.45) is 2.61. The molecule has 0 aromatic rings. The average Bonchev–Trinajstić information content (AvgIpc) is 1.84. The molecule has 0 atom stereocenters. The summed E-state index contributed by atoms with van der Waals surface area (Å²) in [6, 6.07) is 0.689. The topological polar surface area (TPSA) is 32.3 Å². The van der Waals surface area contributed by atoms with E-state index in [2.05, 4.69) is 19.2 Å². The first-order valence-electron chi connectivity index (χ1n) is 4.58. The van der Waals surface area contributed by atoms with Crippen LogP contribution in [0.5, 0.6) is 0 Å². The zero-order valence-corrected chi connectivity index (χ0v) is 7.51. The van der Waals surface area contributed by atoms with Gasteiger partial charge in [0.05, 0.1) is 6.61 Å². The van der Waals surface area contributed by atoms with Crippen molar-refractivity contribution in [2.45, 2.75) is 32.7 Å². The number of nitrogens with one attached hydrogen (secondary N) is 1. The summed E-state index contributed by atoms with van der Waals surface area (Å²) < 4.78 is 0. The van der Waals surface area contributed by atoms with Gasteiger partial charge in [0.25, 0.3) is 0 Å². The Hall–Kier alpha value is -0.0800. The van der Waals surface area contributed by atoms with Crippen molar-refractivity contribution in [3.63, 3.8) is 0 Å². The number of hydrogen-bond acceptors (Lipinski definition) is 2. The van der Waals surface area contributed by atoms with Crippen molar-refractivity contribution in [3.05, 3.63) is 0 Å². The third-order valence-corrected chi connectivity index (χ3v) is 2.66. The summed E-state index contributed by atoms with van der Waals surface area (Å²) in [4.78, 5) is 0. The molecule has 0 aromatic carbocycles. The van der Waals surface area contributed by atoms with Crippen molar-refractivity contribution in [3.8, 4) is 0 Å². The van der Waals surface area contributed by atoms with Crippen LogP contribution in [0.25, 0.3) is 0 Å². The highest BCUT2D eigenvalue weighted by molar-refractivity contribution is 4.86. The maximum Gasteiger partial charge on any atom is 0.0556 e. The molecule has 0 bridgehead atoms. The van der Waals surface area contributed by atoms with Crippen LogP contribution in [-0.2, 0) is 0 Å². The highest BCUT2D eigenvalue weighted by atomic mass is 16.3. The van der Waals surface area contributed by atoms with Crippen molar-refractivity contribution in [2.75, 3.05) is 13.2 Å². The lowest BCUT2D eigenvalue weighted by atomic mass is 9.74. The van der Waals surface area contributed by atoms with Crippen molar-refractivity contribution in [2.24, 2.45) is 11.8 Å². The van der Waals surface area contributed by atoms with Gasteiger partial charge in [0, 0.05) is 12.6 Å². The van der Waals surface area contributed by atoms with Gasteiger partial charge in [0.2, 0.25) is 0 Å². The fourth-order valence-electron chi connectivity index (χ4n) is 1.64. The highest BCUT2D eigenvalue weighted by Crippen LogP contribution is 2.33. The minimum atomic E-state index is 0.267. The van der Waals surface area contributed by atoms with Gasteiger partial charge in [-0.05, 0) is 24.7 Å². The van der Waals surface area contributed by atoms with Crippen LogP contribution in [0.3, 0.4) is 0 Å². The third-order valence-electron chi connectivity index (χ3n) is 2.66. The molecule has 2 heteroatoms. The first-order chi connectivity index (χ1) is 5.24. The van der Waals surface area contributed by atoms with E-state index in [0.29, 0.717) is 6.04 Å². The van der Waals surface area contributed by atoms with E-state index in [1.54, 1.807) is 0 Å². The second-order valence-corrected chi connectivity index (χ2v) is 3.85. The second kappa shape index (κ2) is 4.07. The van der Waals surface area contributed by atoms with Gasteiger partial charge in [-0.1, -0.05) is 13.8 Å². The number of aliphatic hydroxyl groups excluding tert-OH is 1. The summed E-state index contributed by atoms with van der Waals surface area (Å²) >= 11 is 0. The zero-order valence-electron chi connectivity index (χ0n) is 7.51. The smallest absolute Gasteiger partial charge is 0.0556 e. The van der Waals surface area contributed by atoms with Crippen LogP contribution in [0.1, 0.15) is 26.7 Å². The SMILES string of the molecule is CC(C)C1CC(NCCO)C1. The predicted molar refractivity (Wildman–Crippen MR) is 46.4 cm³/mol. The largest absolute Gasteiger partial charge is 0.395 e. The Kier molecular flexibility index (Phi) is 3.34. The molecule has 0 aromatic heterocycles. The van der Waals surface area contributed by atoms with Crippen LogP contribution in [0.15, 0.2) is 0 Å². The maximum absolute atomic E-state index is 8.55. The van der Waals surface area contributed by atoms with E-state index >= 15 is 0 Å². The third kappa shape index (κ3) is 2.46. The predicted octanol–water partition coefficient (Wildman–Crippen LogP) is 1.00. The molecule has 2 nitrogen and oxygen atoms in total. The van der Waals surface area contributed by atoms with E-state index < -0.39 is 0 Å². The van der Waals surface area contributed by atoms with Gasteiger partial charge >= 0.3 is 0 Å². The average molecular weight is 157 g/mol. The van der Waals surface area contributed by atoms with Crippen LogP contribution in [0, 0.1) is 11.8 Å². The Bertz CT molecular complexity index is 108. The Labute approximate surface area is 69.0 Å². The summed E-state index contributed by atoms with van der Waals surface area (Å²) in [5.74, 6) is 1.76. The first kappa shape index (κ1) is 9.01. The van der Waals surface area contributed by atoms with Crippen LogP contribution < -0.4 is 5.32 Å². The lowest BCUT2D eigenvalue weighted by molar-refractivity contribution is 0.160. The molecule has 1 saturated carbocycles. The molecule has 0 aliphatic heterocycles. The van der Waals surface area contributed by atoms with Gasteiger partial charge in [-0.15, -0.1) is 0 Å².